The standard InChI is InChI=1S/C21H22F3N9O2/c1-14(8-25)3-2-6-32-17(12-28-31-32)20(35)27-11-16-13-33-18(30-16)7-15(10-29-33)9-26-19(34)4-5-21(22,23)24/h7,10,12-13H,1-6,9,11H2,(H,26,34)(H,27,35). The van der Waals surface area contributed by atoms with E-state index in [1.807, 2.05) is 6.07 Å². The number of allylic oxidation sites excluding steroid dienone is 1. The third-order valence-electron chi connectivity index (χ3n) is 4.84. The lowest BCUT2D eigenvalue weighted by Crippen LogP contribution is -2.26. The van der Waals surface area contributed by atoms with Crippen molar-refractivity contribution in [1.29, 1.82) is 5.26 Å². The van der Waals surface area contributed by atoms with Crippen molar-refractivity contribution >= 4 is 17.5 Å². The third kappa shape index (κ3) is 7.63. The fourth-order valence-corrected chi connectivity index (χ4v) is 3.05. The predicted molar refractivity (Wildman–Crippen MR) is 115 cm³/mol. The first-order valence-electron chi connectivity index (χ1n) is 10.6. The minimum Gasteiger partial charge on any atom is -0.352 e. The average Bonchev–Trinajstić information content (AvgIpc) is 3.45. The molecule has 0 aliphatic heterocycles. The number of imidazole rings is 1. The van der Waals surface area contributed by atoms with Crippen molar-refractivity contribution in [1.82, 2.24) is 40.2 Å². The molecule has 0 fully saturated rings. The number of aryl methyl sites for hydroxylation is 1. The molecule has 0 bridgehead atoms. The predicted octanol–water partition coefficient (Wildman–Crippen LogP) is 2.07. The van der Waals surface area contributed by atoms with Gasteiger partial charge in [-0.25, -0.2) is 14.2 Å². The molecule has 2 N–H and O–H groups in total. The molecular formula is C21H22F3N9O2. The summed E-state index contributed by atoms with van der Waals surface area (Å²) in [5.74, 6) is -1.11. The Kier molecular flexibility index (Phi) is 8.13. The summed E-state index contributed by atoms with van der Waals surface area (Å²) in [6, 6.07) is 3.60. The van der Waals surface area contributed by atoms with Crippen LogP contribution < -0.4 is 10.6 Å². The van der Waals surface area contributed by atoms with E-state index in [1.165, 1.54) is 21.6 Å². The third-order valence-corrected chi connectivity index (χ3v) is 4.84. The van der Waals surface area contributed by atoms with Gasteiger partial charge in [-0.3, -0.25) is 9.59 Å². The van der Waals surface area contributed by atoms with Crippen LogP contribution in [-0.2, 0) is 24.4 Å². The van der Waals surface area contributed by atoms with Crippen molar-refractivity contribution in [2.45, 2.75) is 51.5 Å². The monoisotopic (exact) mass is 489 g/mol. The Balaban J connectivity index is 1.53. The minimum atomic E-state index is -4.39. The van der Waals surface area contributed by atoms with Gasteiger partial charge in [-0.15, -0.1) is 5.10 Å². The summed E-state index contributed by atoms with van der Waals surface area (Å²) in [5, 5.41) is 25.7. The highest BCUT2D eigenvalue weighted by Gasteiger charge is 2.27. The van der Waals surface area contributed by atoms with Crippen LogP contribution in [0.4, 0.5) is 13.2 Å². The summed E-state index contributed by atoms with van der Waals surface area (Å²) in [5.41, 5.74) is 2.23. The molecule has 11 nitrogen and oxygen atoms in total. The van der Waals surface area contributed by atoms with Gasteiger partial charge in [-0.05, 0) is 24.5 Å². The first-order valence-corrected chi connectivity index (χ1v) is 10.6. The molecule has 0 saturated carbocycles. The van der Waals surface area contributed by atoms with Crippen LogP contribution in [0, 0.1) is 11.3 Å². The Bertz CT molecular complexity index is 1260. The molecule has 0 atom stereocenters. The molecule has 184 valence electrons. The molecule has 0 spiro atoms. The topological polar surface area (TPSA) is 143 Å². The van der Waals surface area contributed by atoms with Crippen molar-refractivity contribution in [3.8, 4) is 6.07 Å². The lowest BCUT2D eigenvalue weighted by Gasteiger charge is -2.07. The summed E-state index contributed by atoms with van der Waals surface area (Å²) in [6.07, 6.45) is -0.714. The molecule has 0 aromatic carbocycles. The Labute approximate surface area is 197 Å². The number of aromatic nitrogens is 6. The molecule has 0 aliphatic carbocycles. The molecule has 3 rings (SSSR count). The van der Waals surface area contributed by atoms with Crippen molar-refractivity contribution in [2.75, 3.05) is 0 Å². The number of halogens is 3. The number of amides is 2. The van der Waals surface area contributed by atoms with Crippen molar-refractivity contribution in [3.63, 3.8) is 0 Å². The van der Waals surface area contributed by atoms with Crippen LogP contribution in [0.3, 0.4) is 0 Å². The van der Waals surface area contributed by atoms with E-state index in [-0.39, 0.29) is 18.8 Å². The van der Waals surface area contributed by atoms with Crippen LogP contribution in [0.2, 0.25) is 0 Å². The molecule has 0 aliphatic rings. The second-order valence-corrected chi connectivity index (χ2v) is 7.63. The van der Waals surface area contributed by atoms with Gasteiger partial charge in [0, 0.05) is 25.1 Å². The number of alkyl halides is 3. The Hall–Kier alpha value is -4.28. The molecule has 3 heterocycles. The van der Waals surface area contributed by atoms with Gasteiger partial charge < -0.3 is 10.6 Å². The number of hydrogen-bond acceptors (Lipinski definition) is 7. The first-order chi connectivity index (χ1) is 16.6. The molecule has 0 radical (unpaired) electrons. The fourth-order valence-electron chi connectivity index (χ4n) is 3.05. The highest BCUT2D eigenvalue weighted by atomic mass is 19.4. The van der Waals surface area contributed by atoms with E-state index < -0.39 is 30.8 Å². The van der Waals surface area contributed by atoms with Crippen molar-refractivity contribution in [3.05, 3.63) is 53.8 Å². The van der Waals surface area contributed by atoms with E-state index >= 15 is 0 Å². The molecular weight excluding hydrogens is 467 g/mol. The maximum absolute atomic E-state index is 12.5. The number of nitriles is 1. The number of carbonyl (C=O) groups excluding carboxylic acids is 2. The lowest BCUT2D eigenvalue weighted by atomic mass is 10.2. The zero-order chi connectivity index (χ0) is 25.4. The maximum Gasteiger partial charge on any atom is 0.389 e. The van der Waals surface area contributed by atoms with Crippen molar-refractivity contribution < 1.29 is 22.8 Å². The highest BCUT2D eigenvalue weighted by Crippen LogP contribution is 2.21. The van der Waals surface area contributed by atoms with E-state index in [2.05, 4.69) is 37.6 Å². The summed E-state index contributed by atoms with van der Waals surface area (Å²) < 4.78 is 39.5. The number of carbonyl (C=O) groups is 2. The largest absolute Gasteiger partial charge is 0.389 e. The van der Waals surface area contributed by atoms with Crippen LogP contribution in [0.15, 0.2) is 36.8 Å². The number of nitrogens with zero attached hydrogens (tertiary/aromatic N) is 7. The molecule has 0 unspecified atom stereocenters. The summed E-state index contributed by atoms with van der Waals surface area (Å²) >= 11 is 0. The van der Waals surface area contributed by atoms with Gasteiger partial charge in [0.2, 0.25) is 5.91 Å². The van der Waals surface area contributed by atoms with Crippen LogP contribution in [0.5, 0.6) is 0 Å². The minimum absolute atomic E-state index is 0.0117. The molecule has 14 heteroatoms. The lowest BCUT2D eigenvalue weighted by molar-refractivity contribution is -0.144. The summed E-state index contributed by atoms with van der Waals surface area (Å²) in [7, 11) is 0. The highest BCUT2D eigenvalue weighted by molar-refractivity contribution is 5.92. The van der Waals surface area contributed by atoms with E-state index in [1.54, 1.807) is 12.3 Å². The second kappa shape index (κ2) is 11.2. The number of fused-ring (bicyclic) bond motifs is 1. The molecule has 0 saturated heterocycles. The Morgan fingerprint density at radius 1 is 1.17 bits per heavy atom. The van der Waals surface area contributed by atoms with Crippen LogP contribution >= 0.6 is 0 Å². The van der Waals surface area contributed by atoms with E-state index in [0.29, 0.717) is 41.9 Å². The number of rotatable bonds is 11. The second-order valence-electron chi connectivity index (χ2n) is 7.63. The van der Waals surface area contributed by atoms with Gasteiger partial charge in [0.25, 0.3) is 5.91 Å². The van der Waals surface area contributed by atoms with E-state index in [9.17, 15) is 22.8 Å². The first kappa shape index (κ1) is 25.3. The van der Waals surface area contributed by atoms with Gasteiger partial charge in [0.05, 0.1) is 43.3 Å². The normalized spacial score (nSPS) is 11.3. The van der Waals surface area contributed by atoms with Gasteiger partial charge in [0.15, 0.2) is 5.65 Å². The van der Waals surface area contributed by atoms with Gasteiger partial charge >= 0.3 is 6.18 Å². The van der Waals surface area contributed by atoms with Gasteiger partial charge in [0.1, 0.15) is 5.69 Å². The van der Waals surface area contributed by atoms with Crippen LogP contribution in [0.25, 0.3) is 5.65 Å². The fraction of sp³-hybridized carbons (Fsp3) is 0.381. The number of nitrogens with one attached hydrogen (secondary N) is 2. The van der Waals surface area contributed by atoms with Crippen LogP contribution in [-0.4, -0.2) is 47.6 Å². The van der Waals surface area contributed by atoms with Crippen LogP contribution in [0.1, 0.15) is 47.4 Å². The van der Waals surface area contributed by atoms with Crippen molar-refractivity contribution in [2.24, 2.45) is 0 Å². The number of hydrogen-bond donors (Lipinski definition) is 2. The molecule has 35 heavy (non-hydrogen) atoms. The zero-order valence-corrected chi connectivity index (χ0v) is 18.5. The Morgan fingerprint density at radius 3 is 2.71 bits per heavy atom. The zero-order valence-electron chi connectivity index (χ0n) is 18.5. The smallest absolute Gasteiger partial charge is 0.352 e. The SMILES string of the molecule is C=C(C#N)CCCn1nncc1C(=O)NCc1cn2ncc(CNC(=O)CCC(F)(F)F)cc2n1. The molecule has 3 aromatic heterocycles. The Morgan fingerprint density at radius 2 is 1.97 bits per heavy atom. The average molecular weight is 489 g/mol. The molecule has 3 aromatic rings. The van der Waals surface area contributed by atoms with Gasteiger partial charge in [-0.2, -0.15) is 23.5 Å². The maximum atomic E-state index is 12.5. The summed E-state index contributed by atoms with van der Waals surface area (Å²) in [4.78, 5) is 28.5. The quantitative estimate of drug-likeness (QED) is 0.393. The summed E-state index contributed by atoms with van der Waals surface area (Å²) in [6.45, 7) is 4.12. The molecule has 2 amide bonds. The van der Waals surface area contributed by atoms with Gasteiger partial charge in [-0.1, -0.05) is 11.8 Å². The van der Waals surface area contributed by atoms with E-state index in [4.69, 9.17) is 5.26 Å². The van der Waals surface area contributed by atoms with E-state index in [0.717, 1.165) is 0 Å².